The molecule has 84 valence electrons. The molecule has 0 spiro atoms. The minimum atomic E-state index is 0.549. The molecule has 0 saturated heterocycles. The van der Waals surface area contributed by atoms with Crippen LogP contribution < -0.4 is 5.32 Å². The Morgan fingerprint density at radius 1 is 1.19 bits per heavy atom. The highest BCUT2D eigenvalue weighted by Crippen LogP contribution is 2.26. The van der Waals surface area contributed by atoms with Crippen LogP contribution in [-0.4, -0.2) is 18.6 Å². The van der Waals surface area contributed by atoms with Gasteiger partial charge < -0.3 is 5.32 Å². The number of nitrogens with one attached hydrogen (secondary N) is 1. The molecule has 0 aliphatic heterocycles. The van der Waals surface area contributed by atoms with Gasteiger partial charge in [-0.1, -0.05) is 29.3 Å². The molecule has 2 nitrogen and oxygen atoms in total. The molecule has 1 heterocycles. The van der Waals surface area contributed by atoms with Crippen LogP contribution >= 0.6 is 23.2 Å². The van der Waals surface area contributed by atoms with Gasteiger partial charge in [0.15, 0.2) is 0 Å². The van der Waals surface area contributed by atoms with Gasteiger partial charge in [0.1, 0.15) is 0 Å². The molecule has 2 rings (SSSR count). The lowest BCUT2D eigenvalue weighted by Gasteiger charge is -2.04. The summed E-state index contributed by atoms with van der Waals surface area (Å²) in [7, 11) is 1.93. The van der Waals surface area contributed by atoms with Gasteiger partial charge in [-0.15, -0.1) is 0 Å². The van der Waals surface area contributed by atoms with E-state index in [4.69, 9.17) is 23.2 Å². The van der Waals surface area contributed by atoms with E-state index in [1.54, 1.807) is 0 Å². The second kappa shape index (κ2) is 5.00. The summed E-state index contributed by atoms with van der Waals surface area (Å²) in [5.41, 5.74) is 1.95. The minimum absolute atomic E-state index is 0.549. The maximum atomic E-state index is 5.96. The van der Waals surface area contributed by atoms with Crippen molar-refractivity contribution in [2.45, 2.75) is 6.42 Å². The van der Waals surface area contributed by atoms with Crippen LogP contribution in [0.5, 0.6) is 0 Å². The fourth-order valence-corrected chi connectivity index (χ4v) is 1.88. The minimum Gasteiger partial charge on any atom is -0.319 e. The van der Waals surface area contributed by atoms with Crippen molar-refractivity contribution in [3.05, 3.63) is 40.0 Å². The summed E-state index contributed by atoms with van der Waals surface area (Å²) < 4.78 is 0. The SMILES string of the molecule is CNCCc1ccc2cc(Cl)c(Cl)cc2n1. The highest BCUT2D eigenvalue weighted by atomic mass is 35.5. The average Bonchev–Trinajstić information content (AvgIpc) is 2.28. The van der Waals surface area contributed by atoms with Gasteiger partial charge in [-0.05, 0) is 25.2 Å². The molecule has 16 heavy (non-hydrogen) atoms. The summed E-state index contributed by atoms with van der Waals surface area (Å²) in [5, 5.41) is 5.23. The van der Waals surface area contributed by atoms with Gasteiger partial charge in [-0.2, -0.15) is 0 Å². The van der Waals surface area contributed by atoms with Gasteiger partial charge in [0.05, 0.1) is 15.6 Å². The first-order valence-electron chi connectivity index (χ1n) is 5.10. The van der Waals surface area contributed by atoms with Crippen molar-refractivity contribution >= 4 is 34.1 Å². The molecule has 0 atom stereocenters. The zero-order chi connectivity index (χ0) is 11.5. The van der Waals surface area contributed by atoms with Crippen LogP contribution in [0, 0.1) is 0 Å². The van der Waals surface area contributed by atoms with E-state index in [1.807, 2.05) is 31.3 Å². The summed E-state index contributed by atoms with van der Waals surface area (Å²) in [5.74, 6) is 0. The van der Waals surface area contributed by atoms with E-state index < -0.39 is 0 Å². The molecule has 0 amide bonds. The summed E-state index contributed by atoms with van der Waals surface area (Å²) in [6, 6.07) is 7.69. The normalized spacial score (nSPS) is 10.9. The lowest BCUT2D eigenvalue weighted by molar-refractivity contribution is 0.779. The van der Waals surface area contributed by atoms with Gasteiger partial charge in [-0.3, -0.25) is 4.98 Å². The fraction of sp³-hybridized carbons (Fsp3) is 0.250. The molecule has 1 aromatic carbocycles. The Kier molecular flexibility index (Phi) is 3.64. The maximum absolute atomic E-state index is 5.96. The second-order valence-electron chi connectivity index (χ2n) is 3.62. The lowest BCUT2D eigenvalue weighted by atomic mass is 10.2. The Hall–Kier alpha value is -0.830. The van der Waals surface area contributed by atoms with Gasteiger partial charge >= 0.3 is 0 Å². The molecule has 0 fully saturated rings. The van der Waals surface area contributed by atoms with E-state index in [0.717, 1.165) is 29.6 Å². The van der Waals surface area contributed by atoms with Gasteiger partial charge in [-0.25, -0.2) is 0 Å². The van der Waals surface area contributed by atoms with Crippen LogP contribution in [0.15, 0.2) is 24.3 Å². The van der Waals surface area contributed by atoms with Crippen LogP contribution in [0.4, 0.5) is 0 Å². The average molecular weight is 255 g/mol. The Morgan fingerprint density at radius 3 is 2.69 bits per heavy atom. The van der Waals surface area contributed by atoms with Crippen molar-refractivity contribution in [3.8, 4) is 0 Å². The molecule has 0 unspecified atom stereocenters. The van der Waals surface area contributed by atoms with E-state index >= 15 is 0 Å². The number of nitrogens with zero attached hydrogens (tertiary/aromatic N) is 1. The van der Waals surface area contributed by atoms with Crippen molar-refractivity contribution in [2.24, 2.45) is 0 Å². The number of aromatic nitrogens is 1. The number of pyridine rings is 1. The molecule has 0 radical (unpaired) electrons. The van der Waals surface area contributed by atoms with Crippen molar-refractivity contribution < 1.29 is 0 Å². The summed E-state index contributed by atoms with van der Waals surface area (Å²) in [4.78, 5) is 4.53. The second-order valence-corrected chi connectivity index (χ2v) is 4.43. The zero-order valence-corrected chi connectivity index (χ0v) is 10.4. The third kappa shape index (κ3) is 2.46. The zero-order valence-electron chi connectivity index (χ0n) is 8.93. The number of halogens is 2. The summed E-state index contributed by atoms with van der Waals surface area (Å²) in [6.07, 6.45) is 0.909. The predicted octanol–water partition coefficient (Wildman–Crippen LogP) is 3.30. The van der Waals surface area contributed by atoms with E-state index in [9.17, 15) is 0 Å². The van der Waals surface area contributed by atoms with Crippen LogP contribution in [-0.2, 0) is 6.42 Å². The topological polar surface area (TPSA) is 24.9 Å². The van der Waals surface area contributed by atoms with Crippen LogP contribution in [0.3, 0.4) is 0 Å². The van der Waals surface area contributed by atoms with E-state index in [2.05, 4.69) is 10.3 Å². The number of benzene rings is 1. The van der Waals surface area contributed by atoms with Gasteiger partial charge in [0, 0.05) is 24.0 Å². The van der Waals surface area contributed by atoms with Crippen LogP contribution in [0.1, 0.15) is 5.69 Å². The standard InChI is InChI=1S/C12H12Cl2N2/c1-15-5-4-9-3-2-8-6-10(13)11(14)7-12(8)16-9/h2-3,6-7,15H,4-5H2,1H3. The Morgan fingerprint density at radius 2 is 1.94 bits per heavy atom. The van der Waals surface area contributed by atoms with Crippen LogP contribution in [0.2, 0.25) is 10.0 Å². The van der Waals surface area contributed by atoms with Crippen molar-refractivity contribution in [1.82, 2.24) is 10.3 Å². The summed E-state index contributed by atoms with van der Waals surface area (Å²) >= 11 is 11.9. The number of hydrogen-bond donors (Lipinski definition) is 1. The number of rotatable bonds is 3. The Balaban J connectivity index is 2.41. The van der Waals surface area contributed by atoms with Crippen LogP contribution in [0.25, 0.3) is 10.9 Å². The highest BCUT2D eigenvalue weighted by Gasteiger charge is 2.03. The molecule has 0 aliphatic carbocycles. The monoisotopic (exact) mass is 254 g/mol. The first-order valence-corrected chi connectivity index (χ1v) is 5.85. The molecule has 0 saturated carbocycles. The van der Waals surface area contributed by atoms with E-state index in [0.29, 0.717) is 10.0 Å². The first-order chi connectivity index (χ1) is 7.70. The van der Waals surface area contributed by atoms with Gasteiger partial charge in [0.2, 0.25) is 0 Å². The quantitative estimate of drug-likeness (QED) is 0.910. The molecule has 2 aromatic rings. The number of fused-ring (bicyclic) bond motifs is 1. The first kappa shape index (κ1) is 11.6. The molecule has 1 aromatic heterocycles. The molecule has 0 bridgehead atoms. The fourth-order valence-electron chi connectivity index (χ4n) is 1.55. The highest BCUT2D eigenvalue weighted by molar-refractivity contribution is 6.42. The molecule has 1 N–H and O–H groups in total. The molecule has 0 aliphatic rings. The van der Waals surface area contributed by atoms with E-state index in [-0.39, 0.29) is 0 Å². The third-order valence-corrected chi connectivity index (χ3v) is 3.14. The molecular weight excluding hydrogens is 243 g/mol. The predicted molar refractivity (Wildman–Crippen MR) is 69.4 cm³/mol. The Labute approximate surface area is 105 Å². The molecular formula is C12H12Cl2N2. The lowest BCUT2D eigenvalue weighted by Crippen LogP contribution is -2.11. The van der Waals surface area contributed by atoms with Gasteiger partial charge in [0.25, 0.3) is 0 Å². The van der Waals surface area contributed by atoms with Crippen molar-refractivity contribution in [2.75, 3.05) is 13.6 Å². The Bertz CT molecular complexity index is 512. The molecule has 4 heteroatoms. The maximum Gasteiger partial charge on any atom is 0.0721 e. The third-order valence-electron chi connectivity index (χ3n) is 2.42. The largest absolute Gasteiger partial charge is 0.319 e. The smallest absolute Gasteiger partial charge is 0.0721 e. The van der Waals surface area contributed by atoms with Crippen molar-refractivity contribution in [1.29, 1.82) is 0 Å². The number of hydrogen-bond acceptors (Lipinski definition) is 2. The van der Waals surface area contributed by atoms with Crippen molar-refractivity contribution in [3.63, 3.8) is 0 Å². The number of likely N-dealkylation sites (N-methyl/N-ethyl adjacent to an activating group) is 1. The summed E-state index contributed by atoms with van der Waals surface area (Å²) in [6.45, 7) is 0.916. The van der Waals surface area contributed by atoms with E-state index in [1.165, 1.54) is 0 Å².